The number of rotatable bonds is 11. The fourth-order valence-corrected chi connectivity index (χ4v) is 2.98. The monoisotopic (exact) mass is 324 g/mol. The number of cyclic esters (lactones) is 1. The van der Waals surface area contributed by atoms with Crippen LogP contribution in [-0.2, 0) is 14.3 Å². The summed E-state index contributed by atoms with van der Waals surface area (Å²) in [6.45, 7) is 4.11. The van der Waals surface area contributed by atoms with Crippen LogP contribution >= 0.6 is 0 Å². The minimum atomic E-state index is -0.642. The summed E-state index contributed by atoms with van der Waals surface area (Å²) in [4.78, 5) is 24.0. The van der Waals surface area contributed by atoms with Gasteiger partial charge in [-0.25, -0.2) is 4.79 Å². The summed E-state index contributed by atoms with van der Waals surface area (Å²) < 4.78 is 5.32. The average molecular weight is 324 g/mol. The Morgan fingerprint density at radius 2 is 1.61 bits per heavy atom. The second-order valence-corrected chi connectivity index (χ2v) is 6.49. The van der Waals surface area contributed by atoms with Crippen LogP contribution in [0.1, 0.15) is 90.9 Å². The number of hydrogen-bond acceptors (Lipinski definition) is 4. The molecule has 1 atom stereocenters. The summed E-state index contributed by atoms with van der Waals surface area (Å²) in [7, 11) is 0. The molecule has 0 radical (unpaired) electrons. The van der Waals surface area contributed by atoms with Crippen molar-refractivity contribution >= 4 is 11.8 Å². The van der Waals surface area contributed by atoms with Crippen LogP contribution in [-0.4, -0.2) is 23.0 Å². The Hall–Kier alpha value is -1.32. The maximum atomic E-state index is 12.0. The largest absolute Gasteiger partial charge is 0.511 e. The molecule has 0 amide bonds. The van der Waals surface area contributed by atoms with Gasteiger partial charge in [0.25, 0.3) is 0 Å². The third kappa shape index (κ3) is 7.19. The van der Waals surface area contributed by atoms with Gasteiger partial charge >= 0.3 is 5.97 Å². The minimum absolute atomic E-state index is 0.118. The second kappa shape index (κ2) is 11.3. The van der Waals surface area contributed by atoms with Gasteiger partial charge in [0, 0.05) is 12.8 Å². The van der Waals surface area contributed by atoms with Crippen LogP contribution in [0, 0.1) is 0 Å². The number of aliphatic hydroxyl groups excluding tert-OH is 1. The highest BCUT2D eigenvalue weighted by atomic mass is 16.5. The predicted octanol–water partition coefficient (Wildman–Crippen LogP) is 5.01. The van der Waals surface area contributed by atoms with Crippen LogP contribution in [0.15, 0.2) is 11.3 Å². The molecule has 1 aliphatic heterocycles. The second-order valence-electron chi connectivity index (χ2n) is 6.49. The number of unbranched alkanes of at least 4 members (excludes halogenated alkanes) is 7. The molecule has 1 unspecified atom stereocenters. The zero-order valence-corrected chi connectivity index (χ0v) is 14.7. The smallest absolute Gasteiger partial charge is 0.345 e. The van der Waals surface area contributed by atoms with E-state index >= 15 is 0 Å². The first-order valence-corrected chi connectivity index (χ1v) is 9.26. The highest BCUT2D eigenvalue weighted by molar-refractivity contribution is 6.19. The summed E-state index contributed by atoms with van der Waals surface area (Å²) in [5.74, 6) is -1.03. The van der Waals surface area contributed by atoms with Gasteiger partial charge in [0.2, 0.25) is 0 Å². The lowest BCUT2D eigenvalue weighted by Crippen LogP contribution is -2.33. The van der Waals surface area contributed by atoms with Crippen molar-refractivity contribution in [1.82, 2.24) is 0 Å². The van der Waals surface area contributed by atoms with Gasteiger partial charge < -0.3 is 9.84 Å². The zero-order chi connectivity index (χ0) is 17.1. The van der Waals surface area contributed by atoms with E-state index in [1.165, 1.54) is 38.5 Å². The normalized spacial score (nSPS) is 20.5. The van der Waals surface area contributed by atoms with Crippen molar-refractivity contribution in [2.75, 3.05) is 0 Å². The lowest BCUT2D eigenvalue weighted by atomic mass is 9.96. The molecule has 0 saturated carbocycles. The highest BCUT2D eigenvalue weighted by Crippen LogP contribution is 2.24. The molecule has 1 rings (SSSR count). The molecule has 1 fully saturated rings. The van der Waals surface area contributed by atoms with E-state index < -0.39 is 5.97 Å². The number of esters is 1. The van der Waals surface area contributed by atoms with Gasteiger partial charge in [-0.15, -0.1) is 0 Å². The van der Waals surface area contributed by atoms with Crippen molar-refractivity contribution in [2.24, 2.45) is 0 Å². The Bertz CT molecular complexity index is 392. The molecule has 23 heavy (non-hydrogen) atoms. The standard InChI is InChI=1S/C19H32O4/c1-3-5-6-7-8-9-10-11-13-15-14-17(21)18(19(22)23-15)16(20)12-4-2/h15,20H,3-14H2,1-2H3/b18-16+. The van der Waals surface area contributed by atoms with Crippen LogP contribution in [0.2, 0.25) is 0 Å². The van der Waals surface area contributed by atoms with Gasteiger partial charge in [-0.05, 0) is 19.3 Å². The molecule has 0 spiro atoms. The maximum absolute atomic E-state index is 12.0. The fraction of sp³-hybridized carbons (Fsp3) is 0.789. The minimum Gasteiger partial charge on any atom is -0.511 e. The number of carbonyl (C=O) groups excluding carboxylic acids is 2. The zero-order valence-electron chi connectivity index (χ0n) is 14.7. The van der Waals surface area contributed by atoms with Crippen molar-refractivity contribution < 1.29 is 19.4 Å². The van der Waals surface area contributed by atoms with Crippen molar-refractivity contribution in [1.29, 1.82) is 0 Å². The van der Waals surface area contributed by atoms with Crippen LogP contribution in [0.4, 0.5) is 0 Å². The van der Waals surface area contributed by atoms with Gasteiger partial charge in [-0.1, -0.05) is 58.8 Å². The van der Waals surface area contributed by atoms with Gasteiger partial charge in [0.05, 0.1) is 0 Å². The molecule has 1 N–H and O–H groups in total. The Morgan fingerprint density at radius 3 is 2.17 bits per heavy atom. The number of ketones is 1. The first kappa shape index (κ1) is 19.7. The summed E-state index contributed by atoms with van der Waals surface area (Å²) in [5, 5.41) is 9.79. The highest BCUT2D eigenvalue weighted by Gasteiger charge is 2.34. The maximum Gasteiger partial charge on any atom is 0.345 e. The quantitative estimate of drug-likeness (QED) is 0.191. The Balaban J connectivity index is 2.25. The molecule has 4 heteroatoms. The molecule has 1 heterocycles. The molecule has 132 valence electrons. The number of aliphatic hydroxyl groups is 1. The van der Waals surface area contributed by atoms with Crippen LogP contribution < -0.4 is 0 Å². The first-order chi connectivity index (χ1) is 11.1. The van der Waals surface area contributed by atoms with E-state index in [1.54, 1.807) is 0 Å². The summed E-state index contributed by atoms with van der Waals surface area (Å²) in [5.41, 5.74) is -0.126. The first-order valence-electron chi connectivity index (χ1n) is 9.26. The van der Waals surface area contributed by atoms with Crippen molar-refractivity contribution in [2.45, 2.75) is 97.0 Å². The number of hydrogen-bond donors (Lipinski definition) is 1. The summed E-state index contributed by atoms with van der Waals surface area (Å²) in [6.07, 6.45) is 11.5. The number of ether oxygens (including phenoxy) is 1. The molecule has 0 aromatic rings. The Morgan fingerprint density at radius 1 is 1.00 bits per heavy atom. The fourth-order valence-electron chi connectivity index (χ4n) is 2.98. The van der Waals surface area contributed by atoms with E-state index in [-0.39, 0.29) is 29.6 Å². The van der Waals surface area contributed by atoms with Gasteiger partial charge in [0.15, 0.2) is 5.78 Å². The topological polar surface area (TPSA) is 63.6 Å². The van der Waals surface area contributed by atoms with E-state index in [4.69, 9.17) is 4.74 Å². The molecule has 0 aromatic carbocycles. The van der Waals surface area contributed by atoms with Gasteiger partial charge in [-0.3, -0.25) is 4.79 Å². The molecule has 1 aliphatic rings. The molecular formula is C19H32O4. The molecule has 0 aliphatic carbocycles. The van der Waals surface area contributed by atoms with Crippen LogP contribution in [0.3, 0.4) is 0 Å². The van der Waals surface area contributed by atoms with Crippen molar-refractivity contribution in [3.05, 3.63) is 11.3 Å². The van der Waals surface area contributed by atoms with Crippen LogP contribution in [0.25, 0.3) is 0 Å². The number of Topliss-reactive ketones (excluding diaryl/α,β-unsaturated/α-hetero) is 1. The summed E-state index contributed by atoms with van der Waals surface area (Å²) in [6, 6.07) is 0. The number of allylic oxidation sites excluding steroid dienone is 1. The SMILES string of the molecule is CCCCCCCCCCC1CC(=O)/C(=C(\O)CCC)C(=O)O1. The molecule has 0 bridgehead atoms. The number of carbonyl (C=O) groups is 2. The van der Waals surface area contributed by atoms with E-state index in [1.807, 2.05) is 6.92 Å². The Kier molecular flexibility index (Phi) is 9.65. The lowest BCUT2D eigenvalue weighted by molar-refractivity contribution is -0.151. The third-order valence-corrected chi connectivity index (χ3v) is 4.32. The van der Waals surface area contributed by atoms with E-state index in [0.717, 1.165) is 19.3 Å². The van der Waals surface area contributed by atoms with Gasteiger partial charge in [-0.2, -0.15) is 0 Å². The third-order valence-electron chi connectivity index (χ3n) is 4.32. The van der Waals surface area contributed by atoms with E-state index in [2.05, 4.69) is 6.92 Å². The van der Waals surface area contributed by atoms with Crippen molar-refractivity contribution in [3.8, 4) is 0 Å². The molecule has 1 saturated heterocycles. The van der Waals surface area contributed by atoms with E-state index in [0.29, 0.717) is 12.8 Å². The van der Waals surface area contributed by atoms with Crippen molar-refractivity contribution in [3.63, 3.8) is 0 Å². The van der Waals surface area contributed by atoms with Crippen LogP contribution in [0.5, 0.6) is 0 Å². The molecule has 0 aromatic heterocycles. The Labute approximate surface area is 140 Å². The average Bonchev–Trinajstić information content (AvgIpc) is 2.49. The van der Waals surface area contributed by atoms with Gasteiger partial charge in [0.1, 0.15) is 17.4 Å². The molecule has 4 nitrogen and oxygen atoms in total. The lowest BCUT2D eigenvalue weighted by Gasteiger charge is -2.23. The summed E-state index contributed by atoms with van der Waals surface area (Å²) >= 11 is 0. The molecular weight excluding hydrogens is 292 g/mol. The van der Waals surface area contributed by atoms with E-state index in [9.17, 15) is 14.7 Å². The predicted molar refractivity (Wildman–Crippen MR) is 91.3 cm³/mol.